The average Bonchev–Trinajstić information content (AvgIpc) is 3.61. The topological polar surface area (TPSA) is 91.4 Å². The van der Waals surface area contributed by atoms with Crippen LogP contribution in [0.1, 0.15) is 42.0 Å². The van der Waals surface area contributed by atoms with Crippen LogP contribution in [-0.2, 0) is 17.6 Å². The van der Waals surface area contributed by atoms with Crippen LogP contribution in [0.3, 0.4) is 0 Å². The van der Waals surface area contributed by atoms with E-state index in [1.165, 1.54) is 0 Å². The van der Waals surface area contributed by atoms with E-state index in [2.05, 4.69) is 20.3 Å². The zero-order chi connectivity index (χ0) is 25.3. The maximum Gasteiger partial charge on any atom is 0.254 e. The third-order valence-electron chi connectivity index (χ3n) is 9.18. The number of hydrogen-bond donors (Lipinski definition) is 1. The lowest BCUT2D eigenvalue weighted by Gasteiger charge is -2.42. The molecule has 3 heterocycles. The highest BCUT2D eigenvalue weighted by atomic mass is 16.5. The van der Waals surface area contributed by atoms with Crippen molar-refractivity contribution < 1.29 is 14.3 Å². The number of hydrogen-bond acceptors (Lipinski definition) is 5. The highest BCUT2D eigenvalue weighted by Gasteiger charge is 2.59. The number of rotatable bonds is 4. The zero-order valence-corrected chi connectivity index (χ0v) is 21.4. The summed E-state index contributed by atoms with van der Waals surface area (Å²) in [5.41, 5.74) is 2.66. The van der Waals surface area contributed by atoms with Gasteiger partial charge in [-0.05, 0) is 67.9 Å². The van der Waals surface area contributed by atoms with Crippen molar-refractivity contribution in [2.24, 2.45) is 29.6 Å². The van der Waals surface area contributed by atoms with E-state index in [-0.39, 0.29) is 23.8 Å². The number of carbonyl (C=O) groups is 2. The summed E-state index contributed by atoms with van der Waals surface area (Å²) in [5, 5.41) is 13.2. The van der Waals surface area contributed by atoms with Crippen molar-refractivity contribution in [2.75, 3.05) is 26.2 Å². The van der Waals surface area contributed by atoms with Crippen LogP contribution in [0.5, 0.6) is 5.75 Å². The van der Waals surface area contributed by atoms with Crippen LogP contribution in [0, 0.1) is 29.6 Å². The van der Waals surface area contributed by atoms with Crippen LogP contribution in [0.2, 0.25) is 0 Å². The molecule has 37 heavy (non-hydrogen) atoms. The maximum atomic E-state index is 13.6. The number of H-pyrrole nitrogens is 1. The lowest BCUT2D eigenvalue weighted by molar-refractivity contribution is -0.135. The van der Waals surface area contributed by atoms with Gasteiger partial charge in [0.25, 0.3) is 5.91 Å². The van der Waals surface area contributed by atoms with Gasteiger partial charge in [0.1, 0.15) is 5.75 Å². The Morgan fingerprint density at radius 1 is 0.946 bits per heavy atom. The van der Waals surface area contributed by atoms with E-state index in [1.54, 1.807) is 0 Å². The minimum absolute atomic E-state index is 0.0168. The highest BCUT2D eigenvalue weighted by Crippen LogP contribution is 2.54. The fourth-order valence-electron chi connectivity index (χ4n) is 7.41. The van der Waals surface area contributed by atoms with Gasteiger partial charge in [-0.25, -0.2) is 0 Å². The van der Waals surface area contributed by atoms with Crippen molar-refractivity contribution in [1.82, 2.24) is 25.2 Å². The van der Waals surface area contributed by atoms with Crippen molar-refractivity contribution in [3.05, 3.63) is 53.3 Å². The van der Waals surface area contributed by atoms with Crippen molar-refractivity contribution in [3.63, 3.8) is 0 Å². The van der Waals surface area contributed by atoms with Gasteiger partial charge in [-0.1, -0.05) is 24.3 Å². The predicted molar refractivity (Wildman–Crippen MR) is 138 cm³/mol. The third kappa shape index (κ3) is 3.71. The summed E-state index contributed by atoms with van der Waals surface area (Å²) < 4.78 is 6.08. The second-order valence-electron chi connectivity index (χ2n) is 11.6. The van der Waals surface area contributed by atoms with Gasteiger partial charge in [-0.15, -0.1) is 0 Å². The van der Waals surface area contributed by atoms with E-state index in [0.717, 1.165) is 66.9 Å². The smallest absolute Gasteiger partial charge is 0.254 e. The number of aromatic amines is 1. The lowest BCUT2D eigenvalue weighted by atomic mass is 9.60. The van der Waals surface area contributed by atoms with E-state index in [1.807, 2.05) is 55.1 Å². The van der Waals surface area contributed by atoms with Gasteiger partial charge >= 0.3 is 0 Å². The van der Waals surface area contributed by atoms with Gasteiger partial charge in [0, 0.05) is 49.5 Å². The van der Waals surface area contributed by atoms with E-state index >= 15 is 0 Å². The number of nitrogens with zero attached hydrogens (tertiary/aromatic N) is 4. The number of ether oxygens (including phenoxy) is 1. The molecule has 2 aliphatic carbocycles. The van der Waals surface area contributed by atoms with Gasteiger partial charge in [0.2, 0.25) is 5.91 Å². The molecule has 192 valence electrons. The summed E-state index contributed by atoms with van der Waals surface area (Å²) in [4.78, 5) is 31.1. The molecule has 1 N–H and O–H groups in total. The quantitative estimate of drug-likeness (QED) is 0.595. The molecule has 4 aliphatic rings. The van der Waals surface area contributed by atoms with Gasteiger partial charge in [-0.3, -0.25) is 9.59 Å². The third-order valence-corrected chi connectivity index (χ3v) is 9.18. The first kappa shape index (κ1) is 22.8. The summed E-state index contributed by atoms with van der Waals surface area (Å²) in [6.07, 6.45) is 2.41. The number of carbonyl (C=O) groups excluding carboxylic acids is 2. The summed E-state index contributed by atoms with van der Waals surface area (Å²) in [7, 11) is 0. The molecule has 2 aliphatic heterocycles. The average molecular weight is 500 g/mol. The molecule has 8 heteroatoms. The van der Waals surface area contributed by atoms with Gasteiger partial charge in [0.15, 0.2) is 0 Å². The van der Waals surface area contributed by atoms with Gasteiger partial charge < -0.3 is 14.5 Å². The number of fused-ring (bicyclic) bond motifs is 6. The van der Waals surface area contributed by atoms with Crippen molar-refractivity contribution in [1.29, 1.82) is 0 Å². The van der Waals surface area contributed by atoms with E-state index in [0.29, 0.717) is 35.7 Å². The fraction of sp³-hybridized carbons (Fsp3) is 0.517. The normalized spacial score (nSPS) is 28.1. The second kappa shape index (κ2) is 8.57. The van der Waals surface area contributed by atoms with Gasteiger partial charge in [0.05, 0.1) is 17.5 Å². The molecule has 0 unspecified atom stereocenters. The number of amides is 2. The molecule has 0 radical (unpaired) electrons. The fourth-order valence-corrected chi connectivity index (χ4v) is 7.41. The molecule has 5 atom stereocenters. The van der Waals surface area contributed by atoms with Crippen LogP contribution in [0.15, 0.2) is 36.4 Å². The standard InChI is InChI=1S/C29H33N5O3/c1-16(2)37-27-11-19(9-17-5-3-4-6-20(17)27)29(36)34-14-23-21-12-33(13-22(21)24(23)15-34)28(35)18-7-8-25-26(10-18)31-32-30-25/h3-6,9,11,16,18,21-24H,7-8,10,12-15H2,1-2H3,(H,30,31,32)/t18-,21-,22+,23+,24-/m1/s1. The van der Waals surface area contributed by atoms with Gasteiger partial charge in [-0.2, -0.15) is 15.4 Å². The number of aromatic nitrogens is 3. The molecule has 1 aromatic heterocycles. The monoisotopic (exact) mass is 499 g/mol. The van der Waals surface area contributed by atoms with Crippen LogP contribution in [0.25, 0.3) is 10.8 Å². The summed E-state index contributed by atoms with van der Waals surface area (Å²) >= 11 is 0. The molecule has 1 saturated carbocycles. The van der Waals surface area contributed by atoms with E-state index in [4.69, 9.17) is 4.74 Å². The first-order valence-corrected chi connectivity index (χ1v) is 13.6. The molecule has 2 aromatic carbocycles. The van der Waals surface area contributed by atoms with E-state index in [9.17, 15) is 9.59 Å². The Morgan fingerprint density at radius 3 is 2.35 bits per heavy atom. The summed E-state index contributed by atoms with van der Waals surface area (Å²) in [5.74, 6) is 3.16. The van der Waals surface area contributed by atoms with E-state index < -0.39 is 0 Å². The van der Waals surface area contributed by atoms with Crippen molar-refractivity contribution in [2.45, 2.75) is 39.2 Å². The molecule has 8 nitrogen and oxygen atoms in total. The molecule has 3 fully saturated rings. The minimum Gasteiger partial charge on any atom is -0.490 e. The molecule has 2 saturated heterocycles. The number of benzene rings is 2. The molecule has 7 rings (SSSR count). The first-order chi connectivity index (χ1) is 18.0. The Kier molecular flexibility index (Phi) is 5.27. The van der Waals surface area contributed by atoms with Crippen molar-refractivity contribution >= 4 is 22.6 Å². The Morgan fingerprint density at radius 2 is 1.62 bits per heavy atom. The number of likely N-dealkylation sites (tertiary alicyclic amines) is 2. The predicted octanol–water partition coefficient (Wildman–Crippen LogP) is 3.33. The molecular formula is C29H33N5O3. The Hall–Kier alpha value is -3.42. The Balaban J connectivity index is 1.03. The molecule has 0 bridgehead atoms. The van der Waals surface area contributed by atoms with Crippen LogP contribution < -0.4 is 4.74 Å². The largest absolute Gasteiger partial charge is 0.490 e. The van der Waals surface area contributed by atoms with Crippen LogP contribution in [0.4, 0.5) is 0 Å². The van der Waals surface area contributed by atoms with Crippen LogP contribution in [-0.4, -0.2) is 69.3 Å². The Labute approximate surface area is 216 Å². The second-order valence-corrected chi connectivity index (χ2v) is 11.6. The maximum absolute atomic E-state index is 13.6. The lowest BCUT2D eigenvalue weighted by Crippen LogP contribution is -2.44. The SMILES string of the molecule is CC(C)Oc1cc(C(=O)N2C[C@@H]3[C@H](C2)[C@H]2CN(C(=O)[C@@H]4CCc5n[nH]nc5C4)C[C@@H]32)cc2ccccc12. The molecule has 2 amide bonds. The molecule has 0 spiro atoms. The zero-order valence-electron chi connectivity index (χ0n) is 21.4. The summed E-state index contributed by atoms with van der Waals surface area (Å²) in [6, 6.07) is 12.0. The van der Waals surface area contributed by atoms with Crippen molar-refractivity contribution in [3.8, 4) is 5.75 Å². The highest BCUT2D eigenvalue weighted by molar-refractivity contribution is 6.01. The van der Waals surface area contributed by atoms with Crippen LogP contribution >= 0.6 is 0 Å². The minimum atomic E-state index is 0.0168. The molecular weight excluding hydrogens is 466 g/mol. The molecule has 3 aromatic rings. The first-order valence-electron chi connectivity index (χ1n) is 13.6. The Bertz CT molecular complexity index is 1360. The number of nitrogens with one attached hydrogen (secondary N) is 1. The number of aryl methyl sites for hydroxylation is 1. The summed E-state index contributed by atoms with van der Waals surface area (Å²) in [6.45, 7) is 7.24.